The van der Waals surface area contributed by atoms with E-state index >= 15 is 0 Å². The highest BCUT2D eigenvalue weighted by Gasteiger charge is 2.15. The van der Waals surface area contributed by atoms with Crippen molar-refractivity contribution in [3.8, 4) is 5.75 Å². The first kappa shape index (κ1) is 21.3. The number of ether oxygens (including phenoxy) is 1. The Hall–Kier alpha value is -2.98. The van der Waals surface area contributed by atoms with Crippen molar-refractivity contribution in [2.45, 2.75) is 31.7 Å². The highest BCUT2D eigenvalue weighted by atomic mass is 32.2. The van der Waals surface area contributed by atoms with Crippen LogP contribution in [-0.2, 0) is 14.8 Å². The van der Waals surface area contributed by atoms with Crippen LogP contribution in [0.2, 0.25) is 0 Å². The van der Waals surface area contributed by atoms with Crippen molar-refractivity contribution >= 4 is 27.3 Å². The number of amides is 1. The van der Waals surface area contributed by atoms with E-state index in [2.05, 4.69) is 10.0 Å². The Morgan fingerprint density at radius 2 is 1.82 bits per heavy atom. The zero-order valence-electron chi connectivity index (χ0n) is 15.6. The van der Waals surface area contributed by atoms with Crippen LogP contribution in [-0.4, -0.2) is 31.9 Å². The number of aryl methyl sites for hydroxylation is 1. The number of nitro groups is 1. The van der Waals surface area contributed by atoms with Gasteiger partial charge in [-0.15, -0.1) is 0 Å². The van der Waals surface area contributed by atoms with Crippen LogP contribution in [0, 0.1) is 17.0 Å². The Bertz CT molecular complexity index is 971. The molecule has 28 heavy (non-hydrogen) atoms. The van der Waals surface area contributed by atoms with E-state index in [-0.39, 0.29) is 23.2 Å². The molecule has 0 fully saturated rings. The number of nitro benzene ring substituents is 1. The summed E-state index contributed by atoms with van der Waals surface area (Å²) in [7, 11) is -3.60. The minimum atomic E-state index is -3.60. The van der Waals surface area contributed by atoms with Gasteiger partial charge in [0, 0.05) is 18.2 Å². The summed E-state index contributed by atoms with van der Waals surface area (Å²) >= 11 is 0. The lowest BCUT2D eigenvalue weighted by Crippen LogP contribution is -2.30. The number of sulfonamides is 1. The number of nitrogens with zero attached hydrogens (tertiary/aromatic N) is 1. The van der Waals surface area contributed by atoms with Crippen molar-refractivity contribution in [2.75, 3.05) is 11.9 Å². The third-order valence-electron chi connectivity index (χ3n) is 3.60. The first-order valence-corrected chi connectivity index (χ1v) is 9.87. The van der Waals surface area contributed by atoms with Gasteiger partial charge in [0.05, 0.1) is 15.5 Å². The molecule has 0 aliphatic heterocycles. The van der Waals surface area contributed by atoms with Crippen LogP contribution in [0.3, 0.4) is 0 Å². The molecule has 0 bridgehead atoms. The molecule has 2 N–H and O–H groups in total. The van der Waals surface area contributed by atoms with E-state index < -0.39 is 20.9 Å². The second kappa shape index (κ2) is 8.81. The lowest BCUT2D eigenvalue weighted by molar-refractivity contribution is -0.384. The van der Waals surface area contributed by atoms with Crippen LogP contribution in [0.1, 0.15) is 19.4 Å². The summed E-state index contributed by atoms with van der Waals surface area (Å²) in [6, 6.07) is 9.58. The number of rotatable bonds is 8. The fourth-order valence-corrected chi connectivity index (χ4v) is 3.54. The lowest BCUT2D eigenvalue weighted by atomic mass is 10.2. The van der Waals surface area contributed by atoms with Crippen LogP contribution in [0.5, 0.6) is 5.75 Å². The molecule has 0 atom stereocenters. The van der Waals surface area contributed by atoms with E-state index in [1.54, 1.807) is 26.8 Å². The third kappa shape index (κ3) is 5.76. The van der Waals surface area contributed by atoms with E-state index in [9.17, 15) is 23.3 Å². The summed E-state index contributed by atoms with van der Waals surface area (Å²) < 4.78 is 31.9. The fourth-order valence-electron chi connectivity index (χ4n) is 2.29. The monoisotopic (exact) mass is 407 g/mol. The Morgan fingerprint density at radius 3 is 2.39 bits per heavy atom. The summed E-state index contributed by atoms with van der Waals surface area (Å²) in [5.74, 6) is -0.184. The molecule has 0 saturated carbocycles. The molecule has 0 spiro atoms. The van der Waals surface area contributed by atoms with Gasteiger partial charge in [-0.2, -0.15) is 0 Å². The van der Waals surface area contributed by atoms with E-state index in [1.807, 2.05) is 0 Å². The molecule has 9 nitrogen and oxygen atoms in total. The number of hydrogen-bond acceptors (Lipinski definition) is 6. The molecule has 0 aliphatic carbocycles. The summed E-state index contributed by atoms with van der Waals surface area (Å²) in [6.07, 6.45) is 0. The van der Waals surface area contributed by atoms with Gasteiger partial charge in [-0.05, 0) is 50.6 Å². The van der Waals surface area contributed by atoms with Crippen molar-refractivity contribution in [3.05, 3.63) is 58.1 Å². The van der Waals surface area contributed by atoms with Gasteiger partial charge in [0.1, 0.15) is 5.75 Å². The maximum absolute atomic E-state index is 12.1. The molecule has 0 saturated heterocycles. The van der Waals surface area contributed by atoms with Gasteiger partial charge in [0.25, 0.3) is 11.6 Å². The Morgan fingerprint density at radius 1 is 1.18 bits per heavy atom. The van der Waals surface area contributed by atoms with Gasteiger partial charge >= 0.3 is 0 Å². The molecule has 2 rings (SSSR count). The predicted octanol–water partition coefficient (Wildman–Crippen LogP) is 2.61. The van der Waals surface area contributed by atoms with Crippen LogP contribution in [0.4, 0.5) is 11.4 Å². The van der Waals surface area contributed by atoms with E-state index in [0.717, 1.165) is 0 Å². The molecule has 0 heterocycles. The third-order valence-corrected chi connectivity index (χ3v) is 5.28. The number of carbonyl (C=O) groups excluding carboxylic acids is 1. The van der Waals surface area contributed by atoms with E-state index in [4.69, 9.17) is 4.74 Å². The van der Waals surface area contributed by atoms with Crippen molar-refractivity contribution < 1.29 is 22.9 Å². The molecule has 150 valence electrons. The smallest absolute Gasteiger partial charge is 0.271 e. The summed E-state index contributed by atoms with van der Waals surface area (Å²) in [5, 5.41) is 13.4. The van der Waals surface area contributed by atoms with Gasteiger partial charge in [0.15, 0.2) is 6.61 Å². The number of anilines is 1. The second-order valence-electron chi connectivity index (χ2n) is 6.34. The Labute approximate surface area is 162 Å². The molecule has 2 aromatic rings. The van der Waals surface area contributed by atoms with Crippen molar-refractivity contribution in [1.29, 1.82) is 0 Å². The highest BCUT2D eigenvalue weighted by molar-refractivity contribution is 7.89. The summed E-state index contributed by atoms with van der Waals surface area (Å²) in [6.45, 7) is 4.82. The van der Waals surface area contributed by atoms with E-state index in [0.29, 0.717) is 17.0 Å². The predicted molar refractivity (Wildman–Crippen MR) is 104 cm³/mol. The minimum absolute atomic E-state index is 0.0882. The fraction of sp³-hybridized carbons (Fsp3) is 0.278. The van der Waals surface area contributed by atoms with Crippen LogP contribution < -0.4 is 14.8 Å². The molecule has 0 radical (unpaired) electrons. The normalized spacial score (nSPS) is 11.3. The number of nitrogens with one attached hydrogen (secondary N) is 2. The van der Waals surface area contributed by atoms with Gasteiger partial charge in [0.2, 0.25) is 10.0 Å². The van der Waals surface area contributed by atoms with Gasteiger partial charge in [-0.25, -0.2) is 13.1 Å². The highest BCUT2D eigenvalue weighted by Crippen LogP contribution is 2.22. The zero-order chi connectivity index (χ0) is 20.9. The van der Waals surface area contributed by atoms with Crippen molar-refractivity contribution in [1.82, 2.24) is 4.72 Å². The van der Waals surface area contributed by atoms with Crippen LogP contribution >= 0.6 is 0 Å². The average molecular weight is 407 g/mol. The zero-order valence-corrected chi connectivity index (χ0v) is 16.4. The van der Waals surface area contributed by atoms with E-state index in [1.165, 1.54) is 36.4 Å². The standard InChI is InChI=1S/C18H21N3O6S/c1-12(2)20-28(25,26)16-8-6-15(7-9-16)27-11-18(22)19-17-10-14(21(23)24)5-4-13(17)3/h4-10,12,20H,11H2,1-3H3,(H,19,22). The van der Waals surface area contributed by atoms with Crippen molar-refractivity contribution in [3.63, 3.8) is 0 Å². The molecule has 1 amide bonds. The summed E-state index contributed by atoms with van der Waals surface area (Å²) in [4.78, 5) is 22.4. The molecular formula is C18H21N3O6S. The number of benzene rings is 2. The summed E-state index contributed by atoms with van der Waals surface area (Å²) in [5.41, 5.74) is 0.865. The van der Waals surface area contributed by atoms with Crippen LogP contribution in [0.15, 0.2) is 47.4 Å². The SMILES string of the molecule is Cc1ccc([N+](=O)[O-])cc1NC(=O)COc1ccc(S(=O)(=O)NC(C)C)cc1. The largest absolute Gasteiger partial charge is 0.484 e. The first-order chi connectivity index (χ1) is 13.1. The Kier molecular flexibility index (Phi) is 6.71. The van der Waals surface area contributed by atoms with Gasteiger partial charge < -0.3 is 10.1 Å². The quantitative estimate of drug-likeness (QED) is 0.511. The van der Waals surface area contributed by atoms with Crippen molar-refractivity contribution in [2.24, 2.45) is 0 Å². The maximum atomic E-state index is 12.1. The minimum Gasteiger partial charge on any atom is -0.484 e. The lowest BCUT2D eigenvalue weighted by Gasteiger charge is -2.11. The Balaban J connectivity index is 1.98. The van der Waals surface area contributed by atoms with Gasteiger partial charge in [-0.1, -0.05) is 6.07 Å². The topological polar surface area (TPSA) is 128 Å². The molecule has 0 unspecified atom stereocenters. The maximum Gasteiger partial charge on any atom is 0.271 e. The molecule has 0 aromatic heterocycles. The molecular weight excluding hydrogens is 386 g/mol. The van der Waals surface area contributed by atoms with Gasteiger partial charge in [-0.3, -0.25) is 14.9 Å². The molecule has 10 heteroatoms. The first-order valence-electron chi connectivity index (χ1n) is 8.38. The average Bonchev–Trinajstić information content (AvgIpc) is 2.61. The second-order valence-corrected chi connectivity index (χ2v) is 8.05. The number of hydrogen-bond donors (Lipinski definition) is 2. The molecule has 2 aromatic carbocycles. The molecule has 0 aliphatic rings. The number of carbonyl (C=O) groups is 1. The van der Waals surface area contributed by atoms with Crippen LogP contribution in [0.25, 0.3) is 0 Å². The number of non-ortho nitro benzene ring substituents is 1.